The normalized spacial score (nSPS) is 11.4. The van der Waals surface area contributed by atoms with E-state index in [-0.39, 0.29) is 21.6 Å². The van der Waals surface area contributed by atoms with E-state index in [1.165, 1.54) is 30.3 Å². The van der Waals surface area contributed by atoms with Crippen LogP contribution in [-0.2, 0) is 4.79 Å². The highest BCUT2D eigenvalue weighted by Crippen LogP contribution is 2.30. The van der Waals surface area contributed by atoms with Crippen molar-refractivity contribution in [3.8, 4) is 11.5 Å². The van der Waals surface area contributed by atoms with E-state index in [9.17, 15) is 19.8 Å². The standard InChI is InChI=1S/C18H11ClN2O5S/c19-13-7-5-11(6-8-13)15-20-21-18(26-15)27-14(17(24)25)9-10-1-3-12(4-2-10)16(22)23/h1-9H,(H,22,23)(H,24,25)/p-2/b14-9-. The third-order valence-corrected chi connectivity index (χ3v) is 4.44. The quantitative estimate of drug-likeness (QED) is 0.452. The van der Waals surface area contributed by atoms with Gasteiger partial charge in [0.2, 0.25) is 5.89 Å². The van der Waals surface area contributed by atoms with Crippen LogP contribution < -0.4 is 10.2 Å². The molecular formula is C18H9ClN2O5S-2. The fourth-order valence-corrected chi connectivity index (χ4v) is 2.85. The van der Waals surface area contributed by atoms with Crippen LogP contribution >= 0.6 is 23.4 Å². The van der Waals surface area contributed by atoms with Gasteiger partial charge in [0.15, 0.2) is 0 Å². The van der Waals surface area contributed by atoms with Crippen molar-refractivity contribution >= 4 is 41.4 Å². The number of thioether (sulfide) groups is 1. The number of benzene rings is 2. The summed E-state index contributed by atoms with van der Waals surface area (Å²) in [6, 6.07) is 12.2. The Balaban J connectivity index is 1.81. The first kappa shape index (κ1) is 18.7. The van der Waals surface area contributed by atoms with Crippen molar-refractivity contribution < 1.29 is 24.2 Å². The Kier molecular flexibility index (Phi) is 5.58. The highest BCUT2D eigenvalue weighted by Gasteiger charge is 2.12. The van der Waals surface area contributed by atoms with Crippen LogP contribution in [0, 0.1) is 0 Å². The average molecular weight is 401 g/mol. The van der Waals surface area contributed by atoms with Gasteiger partial charge in [0, 0.05) is 15.5 Å². The molecule has 0 aliphatic rings. The molecule has 0 saturated carbocycles. The van der Waals surface area contributed by atoms with E-state index in [4.69, 9.17) is 16.0 Å². The van der Waals surface area contributed by atoms with E-state index in [1.807, 2.05) is 0 Å². The number of aliphatic carboxylic acids is 1. The number of carbonyl (C=O) groups is 2. The van der Waals surface area contributed by atoms with Crippen molar-refractivity contribution in [1.82, 2.24) is 10.2 Å². The lowest BCUT2D eigenvalue weighted by molar-refractivity contribution is -0.298. The maximum absolute atomic E-state index is 11.4. The summed E-state index contributed by atoms with van der Waals surface area (Å²) in [6.07, 6.45) is 1.31. The average Bonchev–Trinajstić information content (AvgIpc) is 3.10. The number of carboxylic acids is 2. The molecule has 0 amide bonds. The smallest absolute Gasteiger partial charge is 0.281 e. The second kappa shape index (κ2) is 8.07. The third kappa shape index (κ3) is 4.75. The van der Waals surface area contributed by atoms with Gasteiger partial charge in [-0.25, -0.2) is 0 Å². The van der Waals surface area contributed by atoms with E-state index in [0.29, 0.717) is 16.1 Å². The maximum Gasteiger partial charge on any atom is 0.281 e. The molecule has 9 heteroatoms. The minimum absolute atomic E-state index is 0.0145. The van der Waals surface area contributed by atoms with Crippen molar-refractivity contribution in [2.45, 2.75) is 5.22 Å². The predicted molar refractivity (Wildman–Crippen MR) is 94.4 cm³/mol. The summed E-state index contributed by atoms with van der Waals surface area (Å²) in [5.41, 5.74) is 1.08. The maximum atomic E-state index is 11.4. The molecular weight excluding hydrogens is 392 g/mol. The van der Waals surface area contributed by atoms with Gasteiger partial charge in [0.25, 0.3) is 5.22 Å². The van der Waals surface area contributed by atoms with Crippen molar-refractivity contribution in [1.29, 1.82) is 0 Å². The van der Waals surface area contributed by atoms with Crippen molar-refractivity contribution in [2.24, 2.45) is 0 Å². The van der Waals surface area contributed by atoms with Gasteiger partial charge < -0.3 is 24.2 Å². The molecule has 0 radical (unpaired) electrons. The number of aromatic nitrogens is 2. The van der Waals surface area contributed by atoms with Crippen LogP contribution in [0.1, 0.15) is 15.9 Å². The topological polar surface area (TPSA) is 119 Å². The van der Waals surface area contributed by atoms with Crippen molar-refractivity contribution in [3.05, 3.63) is 69.6 Å². The van der Waals surface area contributed by atoms with E-state index in [1.54, 1.807) is 24.3 Å². The molecule has 0 aliphatic heterocycles. The van der Waals surface area contributed by atoms with Crippen LogP contribution in [0.4, 0.5) is 0 Å². The van der Waals surface area contributed by atoms with E-state index < -0.39 is 11.9 Å². The fourth-order valence-electron chi connectivity index (χ4n) is 2.05. The first-order valence-electron chi connectivity index (χ1n) is 7.44. The van der Waals surface area contributed by atoms with Gasteiger partial charge in [0.05, 0.1) is 11.9 Å². The fraction of sp³-hybridized carbons (Fsp3) is 0. The zero-order valence-electron chi connectivity index (χ0n) is 13.4. The summed E-state index contributed by atoms with van der Waals surface area (Å²) in [4.78, 5) is 22.0. The van der Waals surface area contributed by atoms with Crippen LogP contribution in [0.5, 0.6) is 0 Å². The van der Waals surface area contributed by atoms with Gasteiger partial charge >= 0.3 is 0 Å². The van der Waals surface area contributed by atoms with E-state index >= 15 is 0 Å². The molecule has 0 atom stereocenters. The number of hydrogen-bond donors (Lipinski definition) is 0. The van der Waals surface area contributed by atoms with Crippen molar-refractivity contribution in [3.63, 3.8) is 0 Å². The minimum atomic E-state index is -1.43. The van der Waals surface area contributed by atoms with E-state index in [2.05, 4.69) is 10.2 Å². The molecule has 2 aromatic carbocycles. The molecule has 0 spiro atoms. The molecule has 1 heterocycles. The molecule has 0 unspecified atom stereocenters. The number of carboxylic acid groups (broad SMARTS) is 2. The highest BCUT2D eigenvalue weighted by atomic mass is 35.5. The van der Waals surface area contributed by atoms with Gasteiger partial charge in [-0.1, -0.05) is 35.9 Å². The molecule has 1 aromatic heterocycles. The van der Waals surface area contributed by atoms with Crippen molar-refractivity contribution in [2.75, 3.05) is 0 Å². The van der Waals surface area contributed by atoms with Crippen LogP contribution in [0.25, 0.3) is 17.5 Å². The van der Waals surface area contributed by atoms with Gasteiger partial charge in [-0.2, -0.15) is 0 Å². The summed E-state index contributed by atoms with van der Waals surface area (Å²) in [5, 5.41) is 30.4. The second-order valence-corrected chi connectivity index (χ2v) is 6.62. The molecule has 27 heavy (non-hydrogen) atoms. The molecule has 0 aliphatic carbocycles. The van der Waals surface area contributed by atoms with Crippen LogP contribution in [-0.4, -0.2) is 22.1 Å². The Morgan fingerprint density at radius 3 is 2.26 bits per heavy atom. The van der Waals surface area contributed by atoms with Gasteiger partial charge in [-0.15, -0.1) is 10.2 Å². The number of rotatable bonds is 6. The Hall–Kier alpha value is -3.10. The van der Waals surface area contributed by atoms with Gasteiger partial charge in [0.1, 0.15) is 0 Å². The van der Waals surface area contributed by atoms with Crippen LogP contribution in [0.2, 0.25) is 5.02 Å². The molecule has 0 bridgehead atoms. The molecule has 0 saturated heterocycles. The lowest BCUT2D eigenvalue weighted by atomic mass is 10.1. The monoisotopic (exact) mass is 400 g/mol. The lowest BCUT2D eigenvalue weighted by Gasteiger charge is -2.06. The molecule has 136 valence electrons. The summed E-state index contributed by atoms with van der Waals surface area (Å²) in [7, 11) is 0. The number of halogens is 1. The summed E-state index contributed by atoms with van der Waals surface area (Å²) in [5.74, 6) is -2.54. The predicted octanol–water partition coefficient (Wildman–Crippen LogP) is 1.64. The summed E-state index contributed by atoms with van der Waals surface area (Å²) >= 11 is 6.55. The molecule has 3 aromatic rings. The van der Waals surface area contributed by atoms with E-state index in [0.717, 1.165) is 11.8 Å². The number of hydrogen-bond acceptors (Lipinski definition) is 8. The Morgan fingerprint density at radius 2 is 1.67 bits per heavy atom. The first-order valence-corrected chi connectivity index (χ1v) is 8.63. The van der Waals surface area contributed by atoms with Gasteiger partial charge in [-0.05, 0) is 53.2 Å². The largest absolute Gasteiger partial charge is 0.545 e. The number of carbonyl (C=O) groups excluding carboxylic acids is 2. The van der Waals surface area contributed by atoms with Gasteiger partial charge in [-0.3, -0.25) is 0 Å². The first-order chi connectivity index (χ1) is 12.9. The van der Waals surface area contributed by atoms with Crippen LogP contribution in [0.3, 0.4) is 0 Å². The SMILES string of the molecule is O=C([O-])/C(=C/c1ccc(C(=O)[O-])cc1)Sc1nnc(-c2ccc(Cl)cc2)o1. The lowest BCUT2D eigenvalue weighted by Crippen LogP contribution is -2.23. The minimum Gasteiger partial charge on any atom is -0.545 e. The Labute approximate surface area is 162 Å². The number of nitrogens with zero attached hydrogens (tertiary/aromatic N) is 2. The molecule has 0 N–H and O–H groups in total. The molecule has 7 nitrogen and oxygen atoms in total. The summed E-state index contributed by atoms with van der Waals surface area (Å²) in [6.45, 7) is 0. The molecule has 3 rings (SSSR count). The second-order valence-electron chi connectivity index (χ2n) is 5.19. The zero-order chi connectivity index (χ0) is 19.4. The molecule has 0 fully saturated rings. The Morgan fingerprint density at radius 1 is 1.00 bits per heavy atom. The van der Waals surface area contributed by atoms with Crippen LogP contribution in [0.15, 0.2) is 63.1 Å². The summed E-state index contributed by atoms with van der Waals surface area (Å²) < 4.78 is 5.46. The Bertz CT molecular complexity index is 1010. The number of aromatic carboxylic acids is 1. The zero-order valence-corrected chi connectivity index (χ0v) is 15.0. The third-order valence-electron chi connectivity index (χ3n) is 3.34. The highest BCUT2D eigenvalue weighted by molar-refractivity contribution is 8.03.